The molecular weight excluding hydrogens is 576 g/mol. The molecule has 0 unspecified atom stereocenters. The molecule has 0 bridgehead atoms. The monoisotopic (exact) mass is 614 g/mol. The fraction of sp³-hybridized carbons (Fsp3) is 0.353. The number of esters is 1. The Balaban J connectivity index is 1.35. The van der Waals surface area contributed by atoms with E-state index in [-0.39, 0.29) is 18.4 Å². The van der Waals surface area contributed by atoms with Crippen LogP contribution in [0.4, 0.5) is 4.79 Å². The van der Waals surface area contributed by atoms with E-state index in [1.54, 1.807) is 6.07 Å². The molecule has 9 nitrogen and oxygen atoms in total. The number of aromatic nitrogens is 2. The highest BCUT2D eigenvalue weighted by Crippen LogP contribution is 2.28. The fourth-order valence-corrected chi connectivity index (χ4v) is 6.35. The van der Waals surface area contributed by atoms with Gasteiger partial charge in [-0.25, -0.2) is 14.6 Å². The minimum atomic E-state index is -0.636. The van der Waals surface area contributed by atoms with Crippen molar-refractivity contribution in [2.45, 2.75) is 69.3 Å². The summed E-state index contributed by atoms with van der Waals surface area (Å²) in [5, 5.41) is 6.07. The maximum atomic E-state index is 13.2. The average Bonchev–Trinajstić information content (AvgIpc) is 3.65. The van der Waals surface area contributed by atoms with Crippen LogP contribution >= 0.6 is 11.8 Å². The molecule has 1 atom stereocenters. The van der Waals surface area contributed by atoms with Crippen LogP contribution in [0.25, 0.3) is 10.8 Å². The number of nitrogens with one attached hydrogen (secondary N) is 1. The largest absolute Gasteiger partial charge is 0.465 e. The van der Waals surface area contributed by atoms with Crippen molar-refractivity contribution >= 4 is 40.5 Å². The molecule has 2 amide bonds. The molecular formula is C34H38N4O5S. The molecule has 1 fully saturated rings. The van der Waals surface area contributed by atoms with E-state index < -0.39 is 17.7 Å². The highest BCUT2D eigenvalue weighted by molar-refractivity contribution is 7.98. The normalized spacial score (nSPS) is 14.9. The predicted molar refractivity (Wildman–Crippen MR) is 170 cm³/mol. The van der Waals surface area contributed by atoms with E-state index in [0.717, 1.165) is 33.5 Å². The number of hydrogen-bond donors (Lipinski definition) is 1. The van der Waals surface area contributed by atoms with Gasteiger partial charge < -0.3 is 19.4 Å². The van der Waals surface area contributed by atoms with Crippen molar-refractivity contribution in [3.8, 4) is 0 Å². The summed E-state index contributed by atoms with van der Waals surface area (Å²) in [6.45, 7) is 6.72. The lowest BCUT2D eigenvalue weighted by molar-refractivity contribution is -0.125. The van der Waals surface area contributed by atoms with Crippen LogP contribution < -0.4 is 5.32 Å². The number of imidazole rings is 1. The van der Waals surface area contributed by atoms with E-state index in [1.165, 1.54) is 23.8 Å². The van der Waals surface area contributed by atoms with Crippen LogP contribution in [0.5, 0.6) is 0 Å². The first kappa shape index (κ1) is 31.1. The molecule has 0 saturated carbocycles. The summed E-state index contributed by atoms with van der Waals surface area (Å²) in [5.74, 6) is -0.0921. The zero-order valence-electron chi connectivity index (χ0n) is 25.5. The van der Waals surface area contributed by atoms with Crippen LogP contribution in [0.1, 0.15) is 60.8 Å². The second kappa shape index (κ2) is 13.5. The molecule has 230 valence electrons. The number of fused-ring (bicyclic) bond motifs is 1. The molecule has 0 spiro atoms. The van der Waals surface area contributed by atoms with Crippen molar-refractivity contribution in [3.05, 3.63) is 95.3 Å². The summed E-state index contributed by atoms with van der Waals surface area (Å²) >= 11 is 1.52. The molecule has 10 heteroatoms. The Labute approximate surface area is 261 Å². The van der Waals surface area contributed by atoms with Gasteiger partial charge in [-0.2, -0.15) is 0 Å². The number of likely N-dealkylation sites (tertiary alicyclic amines) is 1. The Bertz CT molecular complexity index is 1660. The van der Waals surface area contributed by atoms with Crippen molar-refractivity contribution in [3.63, 3.8) is 0 Å². The number of hydrogen-bond acceptors (Lipinski definition) is 7. The van der Waals surface area contributed by atoms with Crippen LogP contribution in [0.15, 0.2) is 78.1 Å². The molecule has 1 aliphatic rings. The molecule has 0 radical (unpaired) electrons. The first-order chi connectivity index (χ1) is 21.1. The quantitative estimate of drug-likeness (QED) is 0.177. The number of methoxy groups -OCH3 is 1. The van der Waals surface area contributed by atoms with Gasteiger partial charge in [-0.1, -0.05) is 72.4 Å². The lowest BCUT2D eigenvalue weighted by Gasteiger charge is -2.27. The van der Waals surface area contributed by atoms with Crippen molar-refractivity contribution in [1.82, 2.24) is 19.8 Å². The van der Waals surface area contributed by atoms with Crippen molar-refractivity contribution < 1.29 is 23.9 Å². The molecule has 44 heavy (non-hydrogen) atoms. The minimum absolute atomic E-state index is 0.215. The van der Waals surface area contributed by atoms with Gasteiger partial charge in [0, 0.05) is 18.5 Å². The summed E-state index contributed by atoms with van der Waals surface area (Å²) in [6, 6.07) is 21.3. The van der Waals surface area contributed by atoms with E-state index in [1.807, 2.05) is 63.4 Å². The highest BCUT2D eigenvalue weighted by Gasteiger charge is 2.36. The summed E-state index contributed by atoms with van der Waals surface area (Å²) in [6.07, 6.45) is 2.81. The van der Waals surface area contributed by atoms with Gasteiger partial charge in [0.25, 0.3) is 0 Å². The third-order valence-electron chi connectivity index (χ3n) is 7.42. The Kier molecular flexibility index (Phi) is 9.58. The summed E-state index contributed by atoms with van der Waals surface area (Å²) in [5.41, 5.74) is 2.58. The van der Waals surface area contributed by atoms with E-state index in [4.69, 9.17) is 14.5 Å². The molecule has 0 aliphatic carbocycles. The smallest absolute Gasteiger partial charge is 0.410 e. The van der Waals surface area contributed by atoms with Crippen LogP contribution in [0.3, 0.4) is 0 Å². The van der Waals surface area contributed by atoms with Crippen molar-refractivity contribution in [2.24, 2.45) is 0 Å². The van der Waals surface area contributed by atoms with E-state index in [2.05, 4.69) is 34.1 Å². The number of carbonyl (C=O) groups is 3. The SMILES string of the molecule is COC(=O)c1ccccc1CSc1nc(CNC(=O)[C@@H]2CCCN2C(=O)OC(C)(C)C)cn1Cc1cccc2ccccc12. The first-order valence-electron chi connectivity index (χ1n) is 14.7. The van der Waals surface area contributed by atoms with Gasteiger partial charge in [-0.15, -0.1) is 0 Å². The molecule has 1 aliphatic heterocycles. The molecule has 1 N–H and O–H groups in total. The topological polar surface area (TPSA) is 103 Å². The maximum Gasteiger partial charge on any atom is 0.410 e. The van der Waals surface area contributed by atoms with Gasteiger partial charge in [-0.05, 0) is 61.6 Å². The molecule has 5 rings (SSSR count). The van der Waals surface area contributed by atoms with Crippen LogP contribution in [0, 0.1) is 0 Å². The van der Waals surface area contributed by atoms with Gasteiger partial charge in [0.1, 0.15) is 11.6 Å². The van der Waals surface area contributed by atoms with E-state index in [0.29, 0.717) is 36.5 Å². The Morgan fingerprint density at radius 2 is 1.73 bits per heavy atom. The van der Waals surface area contributed by atoms with Crippen molar-refractivity contribution in [2.75, 3.05) is 13.7 Å². The van der Waals surface area contributed by atoms with Crippen LogP contribution in [-0.2, 0) is 33.1 Å². The highest BCUT2D eigenvalue weighted by atomic mass is 32.2. The third kappa shape index (κ3) is 7.42. The van der Waals surface area contributed by atoms with E-state index >= 15 is 0 Å². The maximum absolute atomic E-state index is 13.2. The Morgan fingerprint density at radius 3 is 2.52 bits per heavy atom. The van der Waals surface area contributed by atoms with Gasteiger partial charge in [-0.3, -0.25) is 9.69 Å². The number of thioether (sulfide) groups is 1. The van der Waals surface area contributed by atoms with Crippen LogP contribution in [0.2, 0.25) is 0 Å². The Morgan fingerprint density at radius 1 is 1.00 bits per heavy atom. The molecule has 2 heterocycles. The average molecular weight is 615 g/mol. The van der Waals surface area contributed by atoms with Gasteiger partial charge >= 0.3 is 12.1 Å². The lowest BCUT2D eigenvalue weighted by atomic mass is 10.0. The van der Waals surface area contributed by atoms with Crippen molar-refractivity contribution in [1.29, 1.82) is 0 Å². The second-order valence-electron chi connectivity index (χ2n) is 11.8. The first-order valence-corrected chi connectivity index (χ1v) is 15.7. The molecule has 4 aromatic rings. The third-order valence-corrected chi connectivity index (χ3v) is 8.46. The predicted octanol–water partition coefficient (Wildman–Crippen LogP) is 6.18. The zero-order valence-corrected chi connectivity index (χ0v) is 26.4. The Hall–Kier alpha value is -4.31. The summed E-state index contributed by atoms with van der Waals surface area (Å²) in [7, 11) is 1.38. The minimum Gasteiger partial charge on any atom is -0.465 e. The molecule has 1 saturated heterocycles. The zero-order chi connectivity index (χ0) is 31.3. The number of amides is 2. The lowest BCUT2D eigenvalue weighted by Crippen LogP contribution is -2.47. The summed E-state index contributed by atoms with van der Waals surface area (Å²) < 4.78 is 12.6. The van der Waals surface area contributed by atoms with Gasteiger partial charge in [0.15, 0.2) is 5.16 Å². The summed E-state index contributed by atoms with van der Waals surface area (Å²) in [4.78, 5) is 44.7. The van der Waals surface area contributed by atoms with Gasteiger partial charge in [0.05, 0.1) is 31.5 Å². The van der Waals surface area contributed by atoms with E-state index in [9.17, 15) is 14.4 Å². The fourth-order valence-electron chi connectivity index (χ4n) is 5.35. The van der Waals surface area contributed by atoms with Gasteiger partial charge in [0.2, 0.25) is 5.91 Å². The second-order valence-corrected chi connectivity index (χ2v) is 12.7. The number of rotatable bonds is 9. The van der Waals surface area contributed by atoms with Crippen LogP contribution in [-0.4, -0.2) is 57.7 Å². The number of ether oxygens (including phenoxy) is 2. The molecule has 1 aromatic heterocycles. The number of benzene rings is 3. The number of nitrogens with zero attached hydrogens (tertiary/aromatic N) is 3. The standard InChI is InChI=1S/C34H38N4O5S/c1-34(2,3)43-33(41)38-18-10-17-29(38)30(39)35-19-26-21-37(20-24-14-9-13-23-11-5-7-15-27(23)24)32(36-26)44-22-25-12-6-8-16-28(25)31(40)42-4/h5-9,11-16,21,29H,10,17-20,22H2,1-4H3,(H,35,39)/t29-/m0/s1. The number of carbonyl (C=O) groups excluding carboxylic acids is 3. The molecule has 3 aromatic carbocycles.